The summed E-state index contributed by atoms with van der Waals surface area (Å²) in [7, 11) is 0. The summed E-state index contributed by atoms with van der Waals surface area (Å²) in [6, 6.07) is 114. The van der Waals surface area contributed by atoms with Gasteiger partial charge in [-0.25, -0.2) is 0 Å². The molecule has 91 heavy (non-hydrogen) atoms. The molecule has 4 aliphatic heterocycles. The highest BCUT2D eigenvalue weighted by atomic mass is 15.2. The Bertz CT molecular complexity index is 5500. The van der Waals surface area contributed by atoms with Crippen LogP contribution in [0.25, 0.3) is 60.2 Å². The molecule has 14 aromatic carbocycles. The van der Waals surface area contributed by atoms with Crippen molar-refractivity contribution in [2.45, 2.75) is 26.2 Å². The van der Waals surface area contributed by atoms with Crippen LogP contribution < -0.4 is 52.4 Å². The molecule has 1 aromatic heterocycles. The number of benzene rings is 14. The molecule has 7 heteroatoms. The predicted octanol–water partition coefficient (Wildman–Crippen LogP) is 18.2. The maximum Gasteiger partial charge on any atom is 0.252 e. The molecule has 5 nitrogen and oxygen atoms in total. The van der Waals surface area contributed by atoms with E-state index in [-0.39, 0.29) is 18.8 Å². The van der Waals surface area contributed by atoms with E-state index in [4.69, 9.17) is 0 Å². The van der Waals surface area contributed by atoms with Crippen molar-refractivity contribution in [1.82, 2.24) is 4.57 Å². The fourth-order valence-electron chi connectivity index (χ4n) is 16.1. The van der Waals surface area contributed by atoms with Crippen molar-refractivity contribution in [3.05, 3.63) is 309 Å². The molecular weight excluding hydrogens is 1100 g/mol. The van der Waals surface area contributed by atoms with E-state index in [2.05, 4.69) is 348 Å². The Labute approximate surface area is 530 Å². The quantitative estimate of drug-likeness (QED) is 0.154. The van der Waals surface area contributed by atoms with Gasteiger partial charge in [-0.2, -0.15) is 0 Å². The van der Waals surface area contributed by atoms with E-state index in [0.717, 1.165) is 56.5 Å². The average Bonchev–Trinajstić information content (AvgIpc) is 1.07. The highest BCUT2D eigenvalue weighted by molar-refractivity contribution is 7.03. The molecule has 0 saturated heterocycles. The minimum absolute atomic E-state index is 0.0870. The Kier molecular flexibility index (Phi) is 11.2. The topological polar surface area (TPSA) is 17.9 Å². The number of hydrogen-bond donors (Lipinski definition) is 0. The van der Waals surface area contributed by atoms with E-state index >= 15 is 0 Å². The van der Waals surface area contributed by atoms with Gasteiger partial charge in [0.05, 0.1) is 16.7 Å². The largest absolute Gasteiger partial charge is 0.311 e. The van der Waals surface area contributed by atoms with E-state index in [1.54, 1.807) is 0 Å². The van der Waals surface area contributed by atoms with Crippen LogP contribution in [0.3, 0.4) is 0 Å². The Morgan fingerprint density at radius 3 is 1.23 bits per heavy atom. The zero-order valence-corrected chi connectivity index (χ0v) is 50.8. The van der Waals surface area contributed by atoms with Gasteiger partial charge in [-0.3, -0.25) is 0 Å². The van der Waals surface area contributed by atoms with E-state index in [0.29, 0.717) is 0 Å². The van der Waals surface area contributed by atoms with Crippen LogP contribution in [0, 0.1) is 0 Å². The van der Waals surface area contributed by atoms with E-state index in [9.17, 15) is 0 Å². The minimum Gasteiger partial charge on any atom is -0.311 e. The molecule has 5 heterocycles. The van der Waals surface area contributed by atoms with Gasteiger partial charge < -0.3 is 24.2 Å². The first-order valence-electron chi connectivity index (χ1n) is 31.9. The molecule has 426 valence electrons. The number of aromatic nitrogens is 1. The molecule has 0 bridgehead atoms. The third kappa shape index (κ3) is 7.61. The fourth-order valence-corrected chi connectivity index (χ4v) is 16.1. The third-order valence-corrected chi connectivity index (χ3v) is 20.0. The van der Waals surface area contributed by atoms with E-state index in [1.165, 1.54) is 110 Å². The van der Waals surface area contributed by atoms with E-state index < -0.39 is 0 Å². The van der Waals surface area contributed by atoms with Crippen molar-refractivity contribution >= 4 is 158 Å². The third-order valence-electron chi connectivity index (χ3n) is 20.0. The van der Waals surface area contributed by atoms with Crippen molar-refractivity contribution < 1.29 is 0 Å². The monoisotopic (exact) mass is 1160 g/mol. The summed E-state index contributed by atoms with van der Waals surface area (Å²) < 4.78 is 2.56. The fraction of sp³-hybridized carbons (Fsp3) is 0.0476. The summed E-state index contributed by atoms with van der Waals surface area (Å²) in [6.07, 6.45) is 0. The highest BCUT2D eigenvalue weighted by Gasteiger charge is 2.49. The van der Waals surface area contributed by atoms with Gasteiger partial charge in [0.15, 0.2) is 0 Å². The maximum atomic E-state index is 2.65. The van der Waals surface area contributed by atoms with Crippen LogP contribution >= 0.6 is 0 Å². The molecule has 0 radical (unpaired) electrons. The first-order chi connectivity index (χ1) is 44.8. The molecule has 0 amide bonds. The van der Waals surface area contributed by atoms with Gasteiger partial charge in [0, 0.05) is 79.0 Å². The van der Waals surface area contributed by atoms with Crippen LogP contribution in [-0.2, 0) is 5.41 Å². The lowest BCUT2D eigenvalue weighted by molar-refractivity contribution is 0.590. The van der Waals surface area contributed by atoms with Gasteiger partial charge in [0.1, 0.15) is 0 Å². The van der Waals surface area contributed by atoms with Crippen LogP contribution in [0.15, 0.2) is 303 Å². The maximum absolute atomic E-state index is 2.65. The Morgan fingerprint density at radius 2 is 0.703 bits per heavy atom. The summed E-state index contributed by atoms with van der Waals surface area (Å²) in [5.41, 5.74) is 28.6. The van der Waals surface area contributed by atoms with Gasteiger partial charge in [-0.1, -0.05) is 215 Å². The number of nitrogens with zero attached hydrogens (tertiary/aromatic N) is 5. The molecule has 0 unspecified atom stereocenters. The van der Waals surface area contributed by atoms with Gasteiger partial charge in [0.25, 0.3) is 13.4 Å². The molecular formula is C84H59B2N5. The number of rotatable bonds is 6. The second-order valence-corrected chi connectivity index (χ2v) is 26.0. The minimum atomic E-state index is -0.160. The Balaban J connectivity index is 0.928. The molecule has 0 spiro atoms. The van der Waals surface area contributed by atoms with Crippen LogP contribution in [0.4, 0.5) is 68.2 Å². The Hall–Kier alpha value is -11.3. The zero-order chi connectivity index (χ0) is 60.2. The molecule has 15 aromatic rings. The van der Waals surface area contributed by atoms with Crippen LogP contribution in [-0.4, -0.2) is 18.0 Å². The summed E-state index contributed by atoms with van der Waals surface area (Å²) in [6.45, 7) is 6.83. The zero-order valence-electron chi connectivity index (χ0n) is 50.8. The SMILES string of the molecule is CC(C)(C)c1cc2c3c(c1)N(c1ccccc1)c1cc4c(cc1B3c1ccccc1N2c1ccccc1)B1c2ccccc2N(c2ccccc2)c2cc(-n3c5ccc(-c6cccc7ccccc67)cc5c5c6ccccc6ccc53)cc(c21)N4c1ccccc1. The van der Waals surface area contributed by atoms with Crippen molar-refractivity contribution in [1.29, 1.82) is 0 Å². The van der Waals surface area contributed by atoms with Gasteiger partial charge >= 0.3 is 0 Å². The standard InChI is InChI=1S/C84H59B2N5/c1-84(2,3)57-48-77-82-78(49-57)89(60-32-12-6-13-33-60)75-53-76-70(52-69(75)85(82)67-39-20-22-41-72(67)87(77)58-28-8-4-9-29-58)86-68-40-21-23-42-73(68)88(59-30-10-5-11-31-59)79-50-62(51-80(83(79)86)90(76)61-34-14-7-15-35-61)91-71-45-44-56(64-38-24-27-54-25-16-18-36-63(54)64)47-66(71)81-65-37-19-17-26-55(65)43-46-74(81)91/h4-53H,1-3H3. The molecule has 0 N–H and O–H groups in total. The number of hydrogen-bond acceptors (Lipinski definition) is 4. The van der Waals surface area contributed by atoms with Crippen LogP contribution in [0.5, 0.6) is 0 Å². The van der Waals surface area contributed by atoms with Gasteiger partial charge in [-0.05, 0) is 186 Å². The lowest BCUT2D eigenvalue weighted by Gasteiger charge is -2.47. The van der Waals surface area contributed by atoms with Crippen LogP contribution in [0.1, 0.15) is 26.3 Å². The van der Waals surface area contributed by atoms with E-state index in [1.807, 2.05) is 0 Å². The number of fused-ring (bicyclic) bond motifs is 14. The number of para-hydroxylation sites is 6. The lowest BCUT2D eigenvalue weighted by Crippen LogP contribution is -2.65. The van der Waals surface area contributed by atoms with Crippen LogP contribution in [0.2, 0.25) is 0 Å². The summed E-state index contributed by atoms with van der Waals surface area (Å²) in [5, 5.41) is 7.41. The van der Waals surface area contributed by atoms with Crippen molar-refractivity contribution in [3.8, 4) is 16.8 Å². The normalized spacial score (nSPS) is 13.5. The predicted molar refractivity (Wildman–Crippen MR) is 388 cm³/mol. The molecule has 0 aliphatic carbocycles. The van der Waals surface area contributed by atoms with Gasteiger partial charge in [0.2, 0.25) is 0 Å². The lowest BCUT2D eigenvalue weighted by atomic mass is 9.30. The molecule has 0 atom stereocenters. The summed E-state index contributed by atoms with van der Waals surface area (Å²) in [5.74, 6) is 0. The molecule has 0 fully saturated rings. The average molecular weight is 1160 g/mol. The van der Waals surface area contributed by atoms with Crippen molar-refractivity contribution in [2.24, 2.45) is 0 Å². The summed E-state index contributed by atoms with van der Waals surface area (Å²) >= 11 is 0. The summed E-state index contributed by atoms with van der Waals surface area (Å²) in [4.78, 5) is 10.3. The molecule has 0 saturated carbocycles. The first-order valence-corrected chi connectivity index (χ1v) is 31.9. The smallest absolute Gasteiger partial charge is 0.252 e. The highest BCUT2D eigenvalue weighted by Crippen LogP contribution is 2.51. The second kappa shape index (κ2) is 19.6. The molecule has 19 rings (SSSR count). The Morgan fingerprint density at radius 1 is 0.275 bits per heavy atom. The first kappa shape index (κ1) is 51.7. The van der Waals surface area contributed by atoms with Crippen molar-refractivity contribution in [3.63, 3.8) is 0 Å². The van der Waals surface area contributed by atoms with Crippen molar-refractivity contribution in [2.75, 3.05) is 19.6 Å². The second-order valence-electron chi connectivity index (χ2n) is 26.0. The molecule has 4 aliphatic rings. The van der Waals surface area contributed by atoms with Gasteiger partial charge in [-0.15, -0.1) is 0 Å². The number of anilines is 12.